The number of nitro benzene ring substituents is 1. The molecule has 4 rings (SSSR count). The van der Waals surface area contributed by atoms with Crippen molar-refractivity contribution in [2.24, 2.45) is 0 Å². The van der Waals surface area contributed by atoms with E-state index >= 15 is 0 Å². The van der Waals surface area contributed by atoms with Crippen LogP contribution in [0, 0.1) is 17.0 Å². The van der Waals surface area contributed by atoms with E-state index in [0.29, 0.717) is 42.1 Å². The fourth-order valence-corrected chi connectivity index (χ4v) is 5.25. The molecule has 1 atom stereocenters. The van der Waals surface area contributed by atoms with E-state index in [1.807, 2.05) is 86.0 Å². The fraction of sp³-hybridized carbons (Fsp3) is 0.212. The Labute approximate surface area is 269 Å². The molecule has 0 bridgehead atoms. The van der Waals surface area contributed by atoms with Gasteiger partial charge in [-0.15, -0.1) is 0 Å². The molecule has 0 unspecified atom stereocenters. The molecule has 4 aromatic carbocycles. The second-order valence-electron chi connectivity index (χ2n) is 9.96. The molecule has 0 spiro atoms. The van der Waals surface area contributed by atoms with Crippen molar-refractivity contribution in [3.63, 3.8) is 0 Å². The normalized spacial score (nSPS) is 11.2. The first kappa shape index (κ1) is 33.5. The van der Waals surface area contributed by atoms with Gasteiger partial charge in [0.15, 0.2) is 0 Å². The Morgan fingerprint density at radius 2 is 1.63 bits per heavy atom. The van der Waals surface area contributed by atoms with Gasteiger partial charge in [-0.3, -0.25) is 14.9 Å². The van der Waals surface area contributed by atoms with Crippen molar-refractivity contribution in [1.82, 2.24) is 5.32 Å². The number of nitrogens with zero attached hydrogens (tertiary/aromatic N) is 2. The first-order valence-electron chi connectivity index (χ1n) is 13.5. The predicted octanol–water partition coefficient (Wildman–Crippen LogP) is 3.83. The van der Waals surface area contributed by atoms with Gasteiger partial charge in [0.05, 0.1) is 4.92 Å². The molecule has 0 saturated heterocycles. The number of nitrogens with one attached hydrogen (secondary N) is 1. The van der Waals surface area contributed by atoms with E-state index < -0.39 is 22.8 Å². The van der Waals surface area contributed by atoms with Crippen molar-refractivity contribution >= 4 is 35.0 Å². The van der Waals surface area contributed by atoms with Gasteiger partial charge in [0, 0.05) is 36.5 Å². The summed E-state index contributed by atoms with van der Waals surface area (Å²) in [6, 6.07) is 28.7. The largest absolute Gasteiger partial charge is 1.00 e. The van der Waals surface area contributed by atoms with Crippen LogP contribution in [-0.2, 0) is 17.9 Å². The number of hydrogen-bond donors (Lipinski definition) is 2. The Morgan fingerprint density at radius 3 is 2.30 bits per heavy atom. The number of rotatable bonds is 13. The van der Waals surface area contributed by atoms with Crippen molar-refractivity contribution in [1.29, 1.82) is 0 Å². The molecule has 0 aromatic heterocycles. The average Bonchev–Trinajstić information content (AvgIpc) is 2.99. The minimum Gasteiger partial charge on any atom is -1.00 e. The zero-order chi connectivity index (χ0) is 30.1. The molecular weight excluding hydrogens is 557 g/mol. The average molecular weight is 592 g/mol. The molecule has 0 saturated carbocycles. The summed E-state index contributed by atoms with van der Waals surface area (Å²) in [6.45, 7) is 2.90. The maximum Gasteiger partial charge on any atom is 1.00 e. The van der Waals surface area contributed by atoms with Crippen LogP contribution >= 0.6 is 11.8 Å². The molecule has 0 aliphatic heterocycles. The Morgan fingerprint density at radius 1 is 0.930 bits per heavy atom. The summed E-state index contributed by atoms with van der Waals surface area (Å²) in [5, 5.41) is 23.9. The van der Waals surface area contributed by atoms with E-state index in [9.17, 15) is 24.8 Å². The summed E-state index contributed by atoms with van der Waals surface area (Å²) in [5.74, 6) is -0.913. The Kier molecular flexibility index (Phi) is 12.4. The number of carbonyl (C=O) groups excluding carboxylic acids is 1. The number of aryl methyl sites for hydroxylation is 1. The van der Waals surface area contributed by atoms with Crippen molar-refractivity contribution < 1.29 is 39.9 Å². The molecular formula is C33H34LiN3O5S. The number of carbonyl (C=O) groups is 2. The van der Waals surface area contributed by atoms with E-state index in [-0.39, 0.29) is 26.0 Å². The summed E-state index contributed by atoms with van der Waals surface area (Å²) < 4.78 is 0. The molecule has 4 aromatic rings. The fourth-order valence-electron chi connectivity index (χ4n) is 4.78. The van der Waals surface area contributed by atoms with Gasteiger partial charge in [0.1, 0.15) is 6.04 Å². The quantitative estimate of drug-likeness (QED) is 0.138. The third-order valence-corrected chi connectivity index (χ3v) is 7.62. The summed E-state index contributed by atoms with van der Waals surface area (Å²) >= 11 is 1.52. The minimum absolute atomic E-state index is 0. The molecule has 0 radical (unpaired) electrons. The molecule has 218 valence electrons. The summed E-state index contributed by atoms with van der Waals surface area (Å²) in [6.07, 6.45) is 2.21. The first-order valence-corrected chi connectivity index (χ1v) is 14.9. The number of amides is 1. The monoisotopic (exact) mass is 591 g/mol. The van der Waals surface area contributed by atoms with E-state index in [0.717, 1.165) is 22.3 Å². The van der Waals surface area contributed by atoms with Crippen molar-refractivity contribution in [2.75, 3.05) is 16.9 Å². The van der Waals surface area contributed by atoms with Crippen LogP contribution in [0.2, 0.25) is 0 Å². The van der Waals surface area contributed by atoms with Gasteiger partial charge in [-0.1, -0.05) is 66.7 Å². The molecule has 0 aliphatic carbocycles. The zero-order valence-electron chi connectivity index (χ0n) is 25.5. The number of aliphatic carboxylic acids is 1. The predicted molar refractivity (Wildman–Crippen MR) is 169 cm³/mol. The van der Waals surface area contributed by atoms with E-state index in [1.165, 1.54) is 17.8 Å². The maximum atomic E-state index is 13.5. The van der Waals surface area contributed by atoms with Gasteiger partial charge in [0.25, 0.3) is 11.6 Å². The van der Waals surface area contributed by atoms with Crippen molar-refractivity contribution in [2.45, 2.75) is 32.5 Å². The number of anilines is 1. The van der Waals surface area contributed by atoms with Crippen LogP contribution in [0.1, 0.15) is 34.9 Å². The molecule has 10 heteroatoms. The van der Waals surface area contributed by atoms with Crippen LogP contribution in [0.5, 0.6) is 0 Å². The molecule has 43 heavy (non-hydrogen) atoms. The minimum atomic E-state index is -1.07. The molecule has 0 fully saturated rings. The zero-order valence-corrected chi connectivity index (χ0v) is 25.3. The summed E-state index contributed by atoms with van der Waals surface area (Å²) in [7, 11) is 0. The van der Waals surface area contributed by atoms with Gasteiger partial charge < -0.3 is 16.7 Å². The van der Waals surface area contributed by atoms with Gasteiger partial charge in [-0.05, 0) is 71.4 Å². The summed E-state index contributed by atoms with van der Waals surface area (Å²) in [5.41, 5.74) is 5.56. The smallest absolute Gasteiger partial charge is 1.00 e. The Bertz CT molecular complexity index is 1570. The molecule has 2 N–H and O–H groups in total. The Balaban J connectivity index is 0.00000337. The number of non-ortho nitro benzene ring substituents is 1. The number of nitro groups is 1. The SMILES string of the molecule is CSCC[C@H](NC(=O)c1ccc(CN(Cc2ccccc2)c2cccc([N+](=O)[O-])c2)cc1-c1ccccc1C)C(=O)O.[H-].[Li+]. The van der Waals surface area contributed by atoms with Crippen LogP contribution in [0.4, 0.5) is 11.4 Å². The number of thioether (sulfide) groups is 1. The third kappa shape index (κ3) is 8.98. The van der Waals surface area contributed by atoms with Gasteiger partial charge in [-0.25, -0.2) is 4.79 Å². The van der Waals surface area contributed by atoms with Crippen molar-refractivity contribution in [3.8, 4) is 11.1 Å². The topological polar surface area (TPSA) is 113 Å². The van der Waals surface area contributed by atoms with E-state index in [2.05, 4.69) is 10.2 Å². The number of hydrogen-bond acceptors (Lipinski definition) is 6. The number of carboxylic acids is 1. The number of carboxylic acid groups (broad SMARTS) is 1. The van der Waals surface area contributed by atoms with Crippen LogP contribution in [-0.4, -0.2) is 40.0 Å². The second kappa shape index (κ2) is 16.0. The molecule has 0 aliphatic rings. The van der Waals surface area contributed by atoms with Gasteiger partial charge in [-0.2, -0.15) is 11.8 Å². The third-order valence-electron chi connectivity index (χ3n) is 6.97. The van der Waals surface area contributed by atoms with Crippen LogP contribution in [0.25, 0.3) is 11.1 Å². The standard InChI is InChI=1S/C33H33N3O5S.Li.H/c1-23-9-6-7-14-28(23)30-19-25(15-16-29(30)32(37)34-31(33(38)39)17-18-42-2)22-35(21-24-10-4-3-5-11-24)26-12-8-13-27(20-26)36(40)41;;/h3-16,19-20,31H,17-18,21-22H2,1-2H3,(H,34,37)(H,38,39);;/q;+1;-1/t31-;;/m0../s1. The number of benzene rings is 4. The second-order valence-corrected chi connectivity index (χ2v) is 10.9. The Hall–Kier alpha value is -4.03. The van der Waals surface area contributed by atoms with Crippen molar-refractivity contribution in [3.05, 3.63) is 129 Å². The van der Waals surface area contributed by atoms with Crippen LogP contribution in [0.3, 0.4) is 0 Å². The maximum absolute atomic E-state index is 13.5. The first-order chi connectivity index (χ1) is 20.3. The van der Waals surface area contributed by atoms with Gasteiger partial charge in [0.2, 0.25) is 0 Å². The molecule has 8 nitrogen and oxygen atoms in total. The van der Waals surface area contributed by atoms with Crippen LogP contribution < -0.4 is 29.1 Å². The molecule has 0 heterocycles. The molecule has 1 amide bonds. The summed E-state index contributed by atoms with van der Waals surface area (Å²) in [4.78, 5) is 38.5. The van der Waals surface area contributed by atoms with E-state index in [1.54, 1.807) is 18.2 Å². The van der Waals surface area contributed by atoms with E-state index in [4.69, 9.17) is 0 Å². The van der Waals surface area contributed by atoms with Gasteiger partial charge >= 0.3 is 24.8 Å². The van der Waals surface area contributed by atoms with Crippen LogP contribution in [0.15, 0.2) is 97.1 Å².